The Kier molecular flexibility index (Phi) is 14.1. The molecule has 0 aliphatic carbocycles. The molecule has 0 N–H and O–H groups in total. The van der Waals surface area contributed by atoms with Crippen LogP contribution in [0.5, 0.6) is 0 Å². The van der Waals surface area contributed by atoms with Crippen LogP contribution in [0.2, 0.25) is 0 Å². The fourth-order valence-electron chi connectivity index (χ4n) is 5.00. The smallest absolute Gasteiger partial charge is 0.545 e. The molecular weight excluding hydrogens is 827 g/mol. The van der Waals surface area contributed by atoms with Gasteiger partial charge in [0.2, 0.25) is 0 Å². The van der Waals surface area contributed by atoms with Gasteiger partial charge in [-0.3, -0.25) is 0 Å². The molecule has 6 aromatic rings. The summed E-state index contributed by atoms with van der Waals surface area (Å²) in [6.45, 7) is 0. The van der Waals surface area contributed by atoms with Gasteiger partial charge in [0.05, 0.1) is 35.8 Å². The normalized spacial score (nSPS) is 9.84. The van der Waals surface area contributed by atoms with Gasteiger partial charge in [0.25, 0.3) is 0 Å². The van der Waals surface area contributed by atoms with Crippen LogP contribution in [0, 0.1) is 0 Å². The summed E-state index contributed by atoms with van der Waals surface area (Å²) in [6.07, 6.45) is 0. The predicted octanol–water partition coefficient (Wildman–Crippen LogP) is -1.30. The second kappa shape index (κ2) is 17.5. The minimum absolute atomic E-state index is 0. The maximum atomic E-state index is 10.8. The average Bonchev–Trinajstić information content (AvgIpc) is 3.06. The van der Waals surface area contributed by atoms with Gasteiger partial charge in [0.15, 0.2) is 0 Å². The number of fused-ring (bicyclic) bond motifs is 3. The third-order valence-corrected chi connectivity index (χ3v) is 7.09. The molecule has 12 nitrogen and oxygen atoms in total. The van der Waals surface area contributed by atoms with Gasteiger partial charge in [-0.1, -0.05) is 109 Å². The van der Waals surface area contributed by atoms with E-state index in [1.807, 2.05) is 0 Å². The van der Waals surface area contributed by atoms with E-state index in [1.165, 1.54) is 109 Å². The Morgan fingerprint density at radius 3 is 0.480 bits per heavy atom. The molecule has 0 saturated carbocycles. The molecule has 0 aliphatic heterocycles. The molecular formula is C36H18O12Ru2. The van der Waals surface area contributed by atoms with Crippen LogP contribution in [0.25, 0.3) is 32.3 Å². The second-order valence-electron chi connectivity index (χ2n) is 9.84. The molecule has 50 heavy (non-hydrogen) atoms. The molecule has 14 heteroatoms. The summed E-state index contributed by atoms with van der Waals surface area (Å²) < 4.78 is 0. The fourth-order valence-corrected chi connectivity index (χ4v) is 5.00. The monoisotopic (exact) mass is 846 g/mol. The van der Waals surface area contributed by atoms with E-state index in [-0.39, 0.29) is 72.3 Å². The number of carbonyl (C=O) groups is 6. The van der Waals surface area contributed by atoms with Crippen LogP contribution in [0.1, 0.15) is 62.1 Å². The number of hydrogen-bond acceptors (Lipinski definition) is 12. The largest absolute Gasteiger partial charge is 3.00 e. The summed E-state index contributed by atoms with van der Waals surface area (Å²) in [6, 6.07) is 26.3. The molecule has 0 aliphatic rings. The Bertz CT molecular complexity index is 1870. The molecule has 0 fully saturated rings. The molecule has 2 radical (unpaired) electrons. The Balaban J connectivity index is 0.000000255. The van der Waals surface area contributed by atoms with Crippen LogP contribution in [-0.4, -0.2) is 35.8 Å². The quantitative estimate of drug-likeness (QED) is 0.178. The maximum Gasteiger partial charge on any atom is 3.00 e. The SMILES string of the molecule is O=C([O-])c1cccc2c(C(=O)[O-])cccc12.O=C([O-])c1cccc2c(C(=O)[O-])cccc12.O=C([O-])c1cccc2c(C(=O)[O-])cccc12.[Ru+3].[Ru+3]. The number of carboxylic acid groups (broad SMARTS) is 6. The Morgan fingerprint density at radius 2 is 0.380 bits per heavy atom. The number of carbonyl (C=O) groups excluding carboxylic acids is 6. The van der Waals surface area contributed by atoms with Gasteiger partial charge < -0.3 is 59.4 Å². The van der Waals surface area contributed by atoms with Gasteiger partial charge in [-0.05, 0) is 32.3 Å². The van der Waals surface area contributed by atoms with Crippen molar-refractivity contribution in [1.29, 1.82) is 0 Å². The van der Waals surface area contributed by atoms with Gasteiger partial charge in [0, 0.05) is 33.4 Å². The van der Waals surface area contributed by atoms with Crippen molar-refractivity contribution in [2.45, 2.75) is 0 Å². The molecule has 0 aromatic heterocycles. The van der Waals surface area contributed by atoms with E-state index in [0.717, 1.165) is 0 Å². The average molecular weight is 845 g/mol. The molecule has 6 rings (SSSR count). The van der Waals surface area contributed by atoms with Crippen molar-refractivity contribution in [3.63, 3.8) is 0 Å². The summed E-state index contributed by atoms with van der Waals surface area (Å²) >= 11 is 0. The molecule has 0 amide bonds. The van der Waals surface area contributed by atoms with Crippen molar-refractivity contribution in [2.24, 2.45) is 0 Å². The van der Waals surface area contributed by atoms with Gasteiger partial charge in [-0.15, -0.1) is 0 Å². The van der Waals surface area contributed by atoms with E-state index in [9.17, 15) is 59.4 Å². The molecule has 0 heterocycles. The molecule has 250 valence electrons. The zero-order valence-corrected chi connectivity index (χ0v) is 28.5. The van der Waals surface area contributed by atoms with Crippen LogP contribution < -0.4 is 30.6 Å². The summed E-state index contributed by atoms with van der Waals surface area (Å²) in [7, 11) is 0. The van der Waals surface area contributed by atoms with Crippen molar-refractivity contribution in [2.75, 3.05) is 0 Å². The predicted molar refractivity (Wildman–Crippen MR) is 158 cm³/mol. The summed E-state index contributed by atoms with van der Waals surface area (Å²) in [5.74, 6) is -7.99. The second-order valence-corrected chi connectivity index (χ2v) is 9.84. The van der Waals surface area contributed by atoms with Crippen LogP contribution in [0.15, 0.2) is 109 Å². The first-order chi connectivity index (χ1) is 22.8. The van der Waals surface area contributed by atoms with E-state index >= 15 is 0 Å². The van der Waals surface area contributed by atoms with Crippen LogP contribution in [-0.2, 0) is 39.0 Å². The van der Waals surface area contributed by atoms with Gasteiger partial charge in [0.1, 0.15) is 0 Å². The minimum atomic E-state index is -1.33. The van der Waals surface area contributed by atoms with Crippen molar-refractivity contribution < 1.29 is 98.4 Å². The third-order valence-electron chi connectivity index (χ3n) is 7.09. The molecule has 6 aromatic carbocycles. The topological polar surface area (TPSA) is 241 Å². The van der Waals surface area contributed by atoms with E-state index in [4.69, 9.17) is 0 Å². The van der Waals surface area contributed by atoms with E-state index < -0.39 is 35.8 Å². The van der Waals surface area contributed by atoms with Crippen molar-refractivity contribution in [3.8, 4) is 0 Å². The van der Waals surface area contributed by atoms with Crippen molar-refractivity contribution >= 4 is 68.1 Å². The summed E-state index contributed by atoms with van der Waals surface area (Å²) in [4.78, 5) is 64.9. The third kappa shape index (κ3) is 8.79. The van der Waals surface area contributed by atoms with Crippen molar-refractivity contribution in [1.82, 2.24) is 0 Å². The molecule has 0 unspecified atom stereocenters. The van der Waals surface area contributed by atoms with Crippen molar-refractivity contribution in [3.05, 3.63) is 143 Å². The Morgan fingerprint density at radius 1 is 0.260 bits per heavy atom. The standard InChI is InChI=1S/3C12H8O4.2Ru/c3*13-11(14)9-5-1-3-7-8(9)4-2-6-10(7)12(15)16;;/h3*1-6H,(H,13,14)(H,15,16);;/q;;;2*+3/p-6. The molecule has 0 bridgehead atoms. The fraction of sp³-hybridized carbons (Fsp3) is 0. The first-order valence-corrected chi connectivity index (χ1v) is 13.7. The Hall–Kier alpha value is -5.83. The van der Waals surface area contributed by atoms with Crippen LogP contribution in [0.4, 0.5) is 0 Å². The summed E-state index contributed by atoms with van der Waals surface area (Å²) in [5.41, 5.74) is -0.163. The number of carboxylic acids is 6. The van der Waals surface area contributed by atoms with Crippen LogP contribution in [0.3, 0.4) is 0 Å². The number of rotatable bonds is 6. The number of aromatic carboxylic acids is 6. The van der Waals surface area contributed by atoms with Crippen LogP contribution >= 0.6 is 0 Å². The maximum absolute atomic E-state index is 10.8. The Labute approximate surface area is 307 Å². The molecule has 0 atom stereocenters. The van der Waals surface area contributed by atoms with E-state index in [0.29, 0.717) is 32.3 Å². The zero-order chi connectivity index (χ0) is 35.1. The number of benzene rings is 6. The van der Waals surface area contributed by atoms with E-state index in [1.54, 1.807) is 0 Å². The van der Waals surface area contributed by atoms with Gasteiger partial charge in [-0.25, -0.2) is 0 Å². The summed E-state index contributed by atoms with van der Waals surface area (Å²) in [5, 5.41) is 67.0. The van der Waals surface area contributed by atoms with Gasteiger partial charge >= 0.3 is 39.0 Å². The van der Waals surface area contributed by atoms with E-state index in [2.05, 4.69) is 0 Å². The first kappa shape index (κ1) is 40.3. The minimum Gasteiger partial charge on any atom is -0.545 e. The first-order valence-electron chi connectivity index (χ1n) is 13.7. The molecule has 0 saturated heterocycles. The van der Waals surface area contributed by atoms with Gasteiger partial charge in [-0.2, -0.15) is 0 Å². The molecule has 0 spiro atoms. The zero-order valence-electron chi connectivity index (χ0n) is 25.0. The number of hydrogen-bond donors (Lipinski definition) is 0.